The Morgan fingerprint density at radius 1 is 1.44 bits per heavy atom. The van der Waals surface area contributed by atoms with Gasteiger partial charge in [0.1, 0.15) is 0 Å². The highest BCUT2D eigenvalue weighted by Gasteiger charge is 2.32. The summed E-state index contributed by atoms with van der Waals surface area (Å²) in [6, 6.07) is 5.20. The Bertz CT molecular complexity index is 545. The second kappa shape index (κ2) is 5.17. The van der Waals surface area contributed by atoms with Gasteiger partial charge in [0.25, 0.3) is 0 Å². The van der Waals surface area contributed by atoms with E-state index in [0.29, 0.717) is 23.0 Å². The van der Waals surface area contributed by atoms with Crippen LogP contribution in [0.25, 0.3) is 0 Å². The summed E-state index contributed by atoms with van der Waals surface area (Å²) in [5.74, 6) is 0. The van der Waals surface area contributed by atoms with Crippen LogP contribution < -0.4 is 5.32 Å². The van der Waals surface area contributed by atoms with E-state index in [-0.39, 0.29) is 6.04 Å². The summed E-state index contributed by atoms with van der Waals surface area (Å²) in [5.41, 5.74) is 0.729. The fourth-order valence-corrected chi connectivity index (χ4v) is 4.16. The molecule has 100 valence electrons. The molecule has 1 fully saturated rings. The first-order chi connectivity index (χ1) is 8.45. The van der Waals surface area contributed by atoms with E-state index < -0.39 is 10.0 Å². The molecule has 1 saturated heterocycles. The summed E-state index contributed by atoms with van der Waals surface area (Å²) < 4.78 is 26.5. The fraction of sp³-hybridized carbons (Fsp3) is 0.500. The minimum Gasteiger partial charge on any atom is -0.316 e. The van der Waals surface area contributed by atoms with Crippen LogP contribution >= 0.6 is 11.6 Å². The third-order valence-corrected chi connectivity index (χ3v) is 5.57. The molecule has 1 aromatic rings. The molecule has 0 spiro atoms. The van der Waals surface area contributed by atoms with Gasteiger partial charge in [-0.15, -0.1) is 0 Å². The summed E-state index contributed by atoms with van der Waals surface area (Å²) in [7, 11) is -1.57. The van der Waals surface area contributed by atoms with Crippen molar-refractivity contribution in [1.82, 2.24) is 9.62 Å². The molecule has 0 bridgehead atoms. The maximum absolute atomic E-state index is 12.5. The Morgan fingerprint density at radius 2 is 2.17 bits per heavy atom. The summed E-state index contributed by atoms with van der Waals surface area (Å²) in [6.07, 6.45) is 0.843. The molecule has 1 N–H and O–H groups in total. The molecule has 0 radical (unpaired) electrons. The van der Waals surface area contributed by atoms with Crippen LogP contribution in [0, 0.1) is 6.92 Å². The van der Waals surface area contributed by atoms with Gasteiger partial charge in [-0.1, -0.05) is 17.7 Å². The summed E-state index contributed by atoms with van der Waals surface area (Å²) in [4.78, 5) is 0.312. The molecule has 4 nitrogen and oxygen atoms in total. The third kappa shape index (κ3) is 2.54. The molecule has 1 atom stereocenters. The summed E-state index contributed by atoms with van der Waals surface area (Å²) in [6.45, 7) is 2.86. The van der Waals surface area contributed by atoms with Crippen molar-refractivity contribution in [2.24, 2.45) is 0 Å². The molecule has 1 aliphatic heterocycles. The van der Waals surface area contributed by atoms with Crippen LogP contribution in [0.4, 0.5) is 0 Å². The molecule has 1 aliphatic rings. The molecule has 0 amide bonds. The van der Waals surface area contributed by atoms with E-state index >= 15 is 0 Å². The van der Waals surface area contributed by atoms with Crippen LogP contribution in [-0.2, 0) is 10.0 Å². The number of hydrogen-bond acceptors (Lipinski definition) is 3. The van der Waals surface area contributed by atoms with E-state index in [1.165, 1.54) is 10.4 Å². The zero-order chi connectivity index (χ0) is 13.3. The number of rotatable bonds is 3. The second-order valence-electron chi connectivity index (χ2n) is 4.55. The van der Waals surface area contributed by atoms with Crippen LogP contribution in [0.1, 0.15) is 12.0 Å². The van der Waals surface area contributed by atoms with E-state index in [1.807, 2.05) is 7.05 Å². The Labute approximate surface area is 113 Å². The minimum absolute atomic E-state index is 0.235. The van der Waals surface area contributed by atoms with Crippen molar-refractivity contribution in [3.05, 3.63) is 28.8 Å². The van der Waals surface area contributed by atoms with Crippen LogP contribution in [0.3, 0.4) is 0 Å². The molecule has 2 rings (SSSR count). The van der Waals surface area contributed by atoms with Gasteiger partial charge in [0.15, 0.2) is 0 Å². The highest BCUT2D eigenvalue weighted by Crippen LogP contribution is 2.26. The van der Waals surface area contributed by atoms with E-state index in [1.54, 1.807) is 19.1 Å². The highest BCUT2D eigenvalue weighted by molar-refractivity contribution is 7.89. The molecule has 0 aromatic heterocycles. The number of sulfonamides is 1. The first-order valence-corrected chi connectivity index (χ1v) is 7.70. The highest BCUT2D eigenvalue weighted by atomic mass is 35.5. The maximum Gasteiger partial charge on any atom is 0.243 e. The van der Waals surface area contributed by atoms with Crippen molar-refractivity contribution in [2.45, 2.75) is 24.3 Å². The minimum atomic E-state index is -3.43. The quantitative estimate of drug-likeness (QED) is 0.920. The summed E-state index contributed by atoms with van der Waals surface area (Å²) >= 11 is 5.89. The van der Waals surface area contributed by atoms with Crippen LogP contribution in [0.2, 0.25) is 5.02 Å². The van der Waals surface area contributed by atoms with Crippen molar-refractivity contribution >= 4 is 21.6 Å². The topological polar surface area (TPSA) is 49.4 Å². The van der Waals surface area contributed by atoms with Gasteiger partial charge >= 0.3 is 0 Å². The maximum atomic E-state index is 12.5. The number of likely N-dealkylation sites (N-methyl/N-ethyl adjacent to an activating group) is 1. The van der Waals surface area contributed by atoms with E-state index in [2.05, 4.69) is 5.32 Å². The fourth-order valence-electron chi connectivity index (χ4n) is 2.17. The average molecular weight is 289 g/mol. The molecule has 0 aliphatic carbocycles. The lowest BCUT2D eigenvalue weighted by atomic mass is 10.2. The smallest absolute Gasteiger partial charge is 0.243 e. The van der Waals surface area contributed by atoms with Crippen molar-refractivity contribution in [2.75, 3.05) is 20.1 Å². The van der Waals surface area contributed by atoms with E-state index in [4.69, 9.17) is 11.6 Å². The molecule has 1 unspecified atom stereocenters. The van der Waals surface area contributed by atoms with Gasteiger partial charge in [-0.2, -0.15) is 4.31 Å². The number of nitrogens with zero attached hydrogens (tertiary/aromatic N) is 1. The number of benzene rings is 1. The van der Waals surface area contributed by atoms with E-state index in [0.717, 1.165) is 12.0 Å². The summed E-state index contributed by atoms with van der Waals surface area (Å²) in [5, 5.41) is 3.56. The molecule has 6 heteroatoms. The second-order valence-corrected chi connectivity index (χ2v) is 6.89. The molecular weight excluding hydrogens is 272 g/mol. The predicted molar refractivity (Wildman–Crippen MR) is 72.4 cm³/mol. The zero-order valence-corrected chi connectivity index (χ0v) is 12.1. The van der Waals surface area contributed by atoms with Crippen molar-refractivity contribution in [3.8, 4) is 0 Å². The van der Waals surface area contributed by atoms with Gasteiger partial charge in [-0.05, 0) is 38.1 Å². The SMILES string of the molecule is CNC1CCN(S(=O)(=O)c2cc(Cl)ccc2C)C1. The lowest BCUT2D eigenvalue weighted by molar-refractivity contribution is 0.464. The van der Waals surface area contributed by atoms with Gasteiger partial charge in [-0.25, -0.2) is 8.42 Å². The van der Waals surface area contributed by atoms with E-state index in [9.17, 15) is 8.42 Å². The monoisotopic (exact) mass is 288 g/mol. The molecule has 0 saturated carbocycles. The van der Waals surface area contributed by atoms with Crippen molar-refractivity contribution in [1.29, 1.82) is 0 Å². The molecular formula is C12H17ClN2O2S. The number of hydrogen-bond donors (Lipinski definition) is 1. The third-order valence-electron chi connectivity index (χ3n) is 3.33. The lowest BCUT2D eigenvalue weighted by Gasteiger charge is -2.18. The Balaban J connectivity index is 2.34. The van der Waals surface area contributed by atoms with Crippen molar-refractivity contribution < 1.29 is 8.42 Å². The van der Waals surface area contributed by atoms with Gasteiger partial charge < -0.3 is 5.32 Å². The standard InChI is InChI=1S/C12H17ClN2O2S/c1-9-3-4-10(13)7-12(9)18(16,17)15-6-5-11(8-15)14-2/h3-4,7,11,14H,5-6,8H2,1-2H3. The first kappa shape index (κ1) is 13.8. The zero-order valence-electron chi connectivity index (χ0n) is 10.5. The predicted octanol–water partition coefficient (Wildman–Crippen LogP) is 1.63. The van der Waals surface area contributed by atoms with Gasteiger partial charge in [-0.3, -0.25) is 0 Å². The van der Waals surface area contributed by atoms with Crippen LogP contribution in [0.15, 0.2) is 23.1 Å². The van der Waals surface area contributed by atoms with Crippen molar-refractivity contribution in [3.63, 3.8) is 0 Å². The Hall–Kier alpha value is -0.620. The Morgan fingerprint density at radius 3 is 2.78 bits per heavy atom. The van der Waals surface area contributed by atoms with Crippen LogP contribution in [0.5, 0.6) is 0 Å². The molecule has 1 aromatic carbocycles. The molecule has 1 heterocycles. The van der Waals surface area contributed by atoms with Gasteiger partial charge in [0, 0.05) is 24.2 Å². The number of halogens is 1. The number of aryl methyl sites for hydroxylation is 1. The van der Waals surface area contributed by atoms with Gasteiger partial charge in [0.05, 0.1) is 4.90 Å². The molecule has 18 heavy (non-hydrogen) atoms. The average Bonchev–Trinajstić information content (AvgIpc) is 2.81. The normalized spacial score (nSPS) is 21.4. The van der Waals surface area contributed by atoms with Gasteiger partial charge in [0.2, 0.25) is 10.0 Å². The number of nitrogens with one attached hydrogen (secondary N) is 1. The lowest BCUT2D eigenvalue weighted by Crippen LogP contribution is -2.33. The Kier molecular flexibility index (Phi) is 3.96. The van der Waals surface area contributed by atoms with Crippen LogP contribution in [-0.4, -0.2) is 38.9 Å². The first-order valence-electron chi connectivity index (χ1n) is 5.88. The largest absolute Gasteiger partial charge is 0.316 e.